The molecule has 0 bridgehead atoms. The van der Waals surface area contributed by atoms with E-state index in [0.717, 1.165) is 16.9 Å². The Bertz CT molecular complexity index is 1860. The molecule has 2 aromatic heterocycles. The third kappa shape index (κ3) is 5.19. The summed E-state index contributed by atoms with van der Waals surface area (Å²) in [6, 6.07) is 23.8. The maximum Gasteiger partial charge on any atom is 0.333 e. The van der Waals surface area contributed by atoms with E-state index in [1.165, 1.54) is 4.57 Å². The van der Waals surface area contributed by atoms with Crippen LogP contribution in [0.15, 0.2) is 94.3 Å². The molecular formula is C31H26BrClN6O3. The average molecular weight is 646 g/mol. The van der Waals surface area contributed by atoms with Gasteiger partial charge in [-0.1, -0.05) is 41.9 Å². The summed E-state index contributed by atoms with van der Waals surface area (Å²) in [5, 5.41) is 7.74. The van der Waals surface area contributed by atoms with Gasteiger partial charge in [0.05, 0.1) is 28.6 Å². The fraction of sp³-hybridized carbons (Fsp3) is 0.161. The van der Waals surface area contributed by atoms with Gasteiger partial charge in [0.1, 0.15) is 5.69 Å². The Balaban J connectivity index is 1.39. The Kier molecular flexibility index (Phi) is 7.57. The first-order valence-electron chi connectivity index (χ1n) is 13.3. The van der Waals surface area contributed by atoms with Gasteiger partial charge in [-0.25, -0.2) is 9.48 Å². The molecule has 0 aliphatic carbocycles. The number of fused-ring (bicyclic) bond motifs is 1. The van der Waals surface area contributed by atoms with E-state index in [1.54, 1.807) is 50.7 Å². The van der Waals surface area contributed by atoms with Crippen molar-refractivity contribution >= 4 is 39.3 Å². The molecule has 42 heavy (non-hydrogen) atoms. The summed E-state index contributed by atoms with van der Waals surface area (Å²) in [5.41, 5.74) is 4.03. The van der Waals surface area contributed by atoms with Crippen molar-refractivity contribution in [2.45, 2.75) is 26.6 Å². The molecule has 1 aliphatic heterocycles. The molecule has 1 aliphatic rings. The lowest BCUT2D eigenvalue weighted by Crippen LogP contribution is -2.41. The van der Waals surface area contributed by atoms with Gasteiger partial charge in [0, 0.05) is 41.6 Å². The molecule has 0 atom stereocenters. The third-order valence-electron chi connectivity index (χ3n) is 7.33. The molecule has 1 N–H and O–H groups in total. The van der Waals surface area contributed by atoms with Crippen molar-refractivity contribution in [3.63, 3.8) is 0 Å². The Morgan fingerprint density at radius 3 is 2.40 bits per heavy atom. The van der Waals surface area contributed by atoms with E-state index in [1.807, 2.05) is 55.5 Å². The normalized spacial score (nSPS) is 12.7. The van der Waals surface area contributed by atoms with Gasteiger partial charge in [0.15, 0.2) is 0 Å². The largest absolute Gasteiger partial charge is 0.347 e. The van der Waals surface area contributed by atoms with Crippen LogP contribution in [0.5, 0.6) is 0 Å². The minimum atomic E-state index is -0.405. The fourth-order valence-corrected chi connectivity index (χ4v) is 5.59. The number of imidazole rings is 1. The molecule has 2 amide bonds. The SMILES string of the molecule is Cc1ccnn1-c1ccc(-n2c(C(=O)NCc3ccccc3)c3n(c2=O)CCN(C(=O)c2ccc(Br)c(Cl)c2)C3)cc1. The summed E-state index contributed by atoms with van der Waals surface area (Å²) in [5.74, 6) is -0.636. The number of aromatic nitrogens is 4. The van der Waals surface area contributed by atoms with Crippen molar-refractivity contribution in [3.05, 3.63) is 133 Å². The zero-order valence-electron chi connectivity index (χ0n) is 22.6. The quantitative estimate of drug-likeness (QED) is 0.277. The number of carbonyl (C=O) groups is 2. The molecule has 0 unspecified atom stereocenters. The Labute approximate surface area is 255 Å². The maximum atomic E-state index is 13.8. The predicted molar refractivity (Wildman–Crippen MR) is 163 cm³/mol. The van der Waals surface area contributed by atoms with Crippen molar-refractivity contribution in [1.82, 2.24) is 29.1 Å². The topological polar surface area (TPSA) is 94.2 Å². The summed E-state index contributed by atoms with van der Waals surface area (Å²) < 4.78 is 5.50. The van der Waals surface area contributed by atoms with E-state index in [4.69, 9.17) is 11.6 Å². The fourth-order valence-electron chi connectivity index (χ4n) is 5.16. The van der Waals surface area contributed by atoms with Crippen LogP contribution in [-0.2, 0) is 19.6 Å². The van der Waals surface area contributed by atoms with Gasteiger partial charge in [-0.3, -0.25) is 18.7 Å². The van der Waals surface area contributed by atoms with E-state index >= 15 is 0 Å². The zero-order valence-corrected chi connectivity index (χ0v) is 25.0. The van der Waals surface area contributed by atoms with Crippen LogP contribution in [0.3, 0.4) is 0 Å². The Hall–Kier alpha value is -4.41. The first kappa shape index (κ1) is 27.7. The van der Waals surface area contributed by atoms with Crippen molar-refractivity contribution in [2.75, 3.05) is 6.54 Å². The second-order valence-corrected chi connectivity index (χ2v) is 11.3. The number of rotatable bonds is 6. The minimum Gasteiger partial charge on any atom is -0.347 e. The van der Waals surface area contributed by atoms with E-state index in [2.05, 4.69) is 26.3 Å². The molecule has 0 spiro atoms. The molecule has 5 aromatic rings. The van der Waals surface area contributed by atoms with Gasteiger partial charge >= 0.3 is 5.69 Å². The van der Waals surface area contributed by atoms with E-state index in [0.29, 0.717) is 33.0 Å². The Morgan fingerprint density at radius 2 is 1.71 bits per heavy atom. The highest BCUT2D eigenvalue weighted by atomic mass is 79.9. The third-order valence-corrected chi connectivity index (χ3v) is 8.56. The number of benzene rings is 3. The highest BCUT2D eigenvalue weighted by Crippen LogP contribution is 2.26. The smallest absolute Gasteiger partial charge is 0.333 e. The molecule has 3 heterocycles. The molecule has 3 aromatic carbocycles. The molecular weight excluding hydrogens is 620 g/mol. The van der Waals surface area contributed by atoms with Crippen LogP contribution in [0.2, 0.25) is 5.02 Å². The first-order chi connectivity index (χ1) is 20.3. The van der Waals surface area contributed by atoms with Crippen molar-refractivity contribution in [3.8, 4) is 11.4 Å². The van der Waals surface area contributed by atoms with Crippen molar-refractivity contribution < 1.29 is 9.59 Å². The van der Waals surface area contributed by atoms with Gasteiger partial charge in [-0.05, 0) is 76.9 Å². The number of nitrogens with zero attached hydrogens (tertiary/aromatic N) is 5. The van der Waals surface area contributed by atoms with Crippen LogP contribution in [0, 0.1) is 6.92 Å². The van der Waals surface area contributed by atoms with Crippen LogP contribution in [0.25, 0.3) is 11.4 Å². The molecule has 9 nitrogen and oxygen atoms in total. The summed E-state index contributed by atoms with van der Waals surface area (Å²) >= 11 is 9.61. The van der Waals surface area contributed by atoms with E-state index in [-0.39, 0.29) is 36.9 Å². The lowest BCUT2D eigenvalue weighted by molar-refractivity contribution is 0.0706. The van der Waals surface area contributed by atoms with E-state index < -0.39 is 5.91 Å². The molecule has 0 saturated carbocycles. The lowest BCUT2D eigenvalue weighted by Gasteiger charge is -2.28. The van der Waals surface area contributed by atoms with Crippen LogP contribution < -0.4 is 11.0 Å². The van der Waals surface area contributed by atoms with Gasteiger partial charge < -0.3 is 10.2 Å². The summed E-state index contributed by atoms with van der Waals surface area (Å²) in [4.78, 5) is 42.7. The van der Waals surface area contributed by atoms with Crippen molar-refractivity contribution in [2.24, 2.45) is 0 Å². The Morgan fingerprint density at radius 1 is 0.976 bits per heavy atom. The maximum absolute atomic E-state index is 13.8. The number of hydrogen-bond acceptors (Lipinski definition) is 4. The zero-order chi connectivity index (χ0) is 29.4. The number of amides is 2. The monoisotopic (exact) mass is 644 g/mol. The molecule has 0 radical (unpaired) electrons. The van der Waals surface area contributed by atoms with Gasteiger partial charge in [0.25, 0.3) is 11.8 Å². The standard InChI is InChI=1S/C31H26BrClN6O3/c1-20-13-14-35-39(20)24-10-8-23(9-11-24)38-28(29(40)34-18-21-5-3-2-4-6-21)27-19-36(15-16-37(27)31(38)42)30(41)22-7-12-25(32)26(33)17-22/h2-14,17H,15-16,18-19H2,1H3,(H,34,40). The van der Waals surface area contributed by atoms with Crippen LogP contribution in [0.1, 0.15) is 37.8 Å². The molecule has 6 rings (SSSR count). The van der Waals surface area contributed by atoms with Crippen LogP contribution in [0.4, 0.5) is 0 Å². The second-order valence-electron chi connectivity index (χ2n) is 9.99. The first-order valence-corrected chi connectivity index (χ1v) is 14.5. The molecule has 212 valence electrons. The number of aryl methyl sites for hydroxylation is 1. The van der Waals surface area contributed by atoms with Crippen molar-refractivity contribution in [1.29, 1.82) is 0 Å². The highest BCUT2D eigenvalue weighted by molar-refractivity contribution is 9.10. The van der Waals surface area contributed by atoms with Gasteiger partial charge in [0.2, 0.25) is 0 Å². The summed E-state index contributed by atoms with van der Waals surface area (Å²) in [7, 11) is 0. The average Bonchev–Trinajstić information content (AvgIpc) is 3.57. The van der Waals surface area contributed by atoms with Crippen LogP contribution in [-0.4, -0.2) is 42.2 Å². The number of hydrogen-bond donors (Lipinski definition) is 1. The summed E-state index contributed by atoms with van der Waals surface area (Å²) in [6.07, 6.45) is 1.72. The number of nitrogens with one attached hydrogen (secondary N) is 1. The van der Waals surface area contributed by atoms with Gasteiger partial charge in [-0.2, -0.15) is 5.10 Å². The second kappa shape index (κ2) is 11.5. The predicted octanol–water partition coefficient (Wildman–Crippen LogP) is 5.14. The molecule has 11 heteroatoms. The lowest BCUT2D eigenvalue weighted by atomic mass is 10.1. The van der Waals surface area contributed by atoms with Gasteiger partial charge in [-0.15, -0.1) is 0 Å². The number of carbonyl (C=O) groups excluding carboxylic acids is 2. The minimum absolute atomic E-state index is 0.0907. The summed E-state index contributed by atoms with van der Waals surface area (Å²) in [6.45, 7) is 2.90. The highest BCUT2D eigenvalue weighted by Gasteiger charge is 2.32. The van der Waals surface area contributed by atoms with Crippen LogP contribution >= 0.6 is 27.5 Å². The van der Waals surface area contributed by atoms with E-state index in [9.17, 15) is 14.4 Å². The molecule has 0 saturated heterocycles. The molecule has 0 fully saturated rings. The number of halogens is 2.